The summed E-state index contributed by atoms with van der Waals surface area (Å²) in [6.45, 7) is 2.75. The van der Waals surface area contributed by atoms with Gasteiger partial charge in [-0.25, -0.2) is 0 Å². The molecule has 0 saturated carbocycles. The van der Waals surface area contributed by atoms with E-state index in [0.29, 0.717) is 18.0 Å². The minimum atomic E-state index is -0.234. The molecule has 25 heavy (non-hydrogen) atoms. The first-order valence-electron chi connectivity index (χ1n) is 8.24. The maximum absolute atomic E-state index is 8.83. The average Bonchev–Trinajstić information content (AvgIpc) is 2.67. The van der Waals surface area contributed by atoms with Crippen LogP contribution in [0.1, 0.15) is 26.2 Å². The number of rotatable bonds is 8. The van der Waals surface area contributed by atoms with Gasteiger partial charge in [-0.3, -0.25) is 5.43 Å². The van der Waals surface area contributed by atoms with Crippen LogP contribution >= 0.6 is 0 Å². The number of ether oxygens (including phenoxy) is 1. The lowest BCUT2D eigenvalue weighted by molar-refractivity contribution is 0.307. The maximum atomic E-state index is 8.83. The topological polar surface area (TPSA) is 81.2 Å². The van der Waals surface area contributed by atoms with E-state index in [1.165, 1.54) is 0 Å². The van der Waals surface area contributed by atoms with Crippen LogP contribution in [0.3, 0.4) is 0 Å². The van der Waals surface area contributed by atoms with Gasteiger partial charge in [0.25, 0.3) is 0 Å². The van der Waals surface area contributed by atoms with Crippen molar-refractivity contribution in [1.82, 2.24) is 0 Å². The standard InChI is InChI=1S/C20H20N4O/c1-2-3-7-12-25-20-11-10-17(16-8-5-4-6-9-16)13-19(20)24-23-18(14-21)15-22/h4-6,8-11,13,24H,2-3,7,12H2,1H3. The fraction of sp³-hybridized carbons (Fsp3) is 0.250. The van der Waals surface area contributed by atoms with Crippen LogP contribution < -0.4 is 10.2 Å². The van der Waals surface area contributed by atoms with E-state index in [1.807, 2.05) is 48.5 Å². The predicted molar refractivity (Wildman–Crippen MR) is 99.2 cm³/mol. The first kappa shape index (κ1) is 18.0. The monoisotopic (exact) mass is 332 g/mol. The molecule has 0 aliphatic carbocycles. The lowest BCUT2D eigenvalue weighted by Crippen LogP contribution is -2.02. The van der Waals surface area contributed by atoms with Gasteiger partial charge in [0.1, 0.15) is 17.9 Å². The summed E-state index contributed by atoms with van der Waals surface area (Å²) >= 11 is 0. The Morgan fingerprint density at radius 2 is 1.80 bits per heavy atom. The summed E-state index contributed by atoms with van der Waals surface area (Å²) in [6.07, 6.45) is 3.21. The second kappa shape index (κ2) is 9.75. The van der Waals surface area contributed by atoms with Gasteiger partial charge in [-0.2, -0.15) is 15.6 Å². The largest absolute Gasteiger partial charge is 0.491 e. The Balaban J connectivity index is 2.27. The van der Waals surface area contributed by atoms with Crippen LogP contribution in [0.25, 0.3) is 11.1 Å². The highest BCUT2D eigenvalue weighted by Crippen LogP contribution is 2.31. The van der Waals surface area contributed by atoms with Crippen molar-refractivity contribution >= 4 is 11.4 Å². The summed E-state index contributed by atoms with van der Waals surface area (Å²) in [5.41, 5.74) is 5.23. The van der Waals surface area contributed by atoms with Crippen molar-refractivity contribution in [3.8, 4) is 29.0 Å². The molecule has 2 rings (SSSR count). The van der Waals surface area contributed by atoms with Crippen molar-refractivity contribution in [1.29, 1.82) is 10.5 Å². The molecule has 5 heteroatoms. The molecule has 0 aliphatic rings. The molecule has 2 aromatic carbocycles. The molecule has 0 saturated heterocycles. The molecule has 0 aliphatic heterocycles. The van der Waals surface area contributed by atoms with Crippen LogP contribution in [-0.4, -0.2) is 12.3 Å². The van der Waals surface area contributed by atoms with Crippen molar-refractivity contribution in [2.24, 2.45) is 5.10 Å². The van der Waals surface area contributed by atoms with Crippen LogP contribution in [0.2, 0.25) is 0 Å². The normalized spacial score (nSPS) is 9.56. The van der Waals surface area contributed by atoms with Crippen molar-refractivity contribution < 1.29 is 4.74 Å². The fourth-order valence-corrected chi connectivity index (χ4v) is 2.28. The van der Waals surface area contributed by atoms with Gasteiger partial charge < -0.3 is 4.74 Å². The van der Waals surface area contributed by atoms with Crippen LogP contribution in [-0.2, 0) is 0 Å². The van der Waals surface area contributed by atoms with Gasteiger partial charge in [-0.05, 0) is 29.7 Å². The van der Waals surface area contributed by atoms with Crippen LogP contribution in [0, 0.1) is 22.7 Å². The number of hydrogen-bond acceptors (Lipinski definition) is 5. The molecular weight excluding hydrogens is 312 g/mol. The highest BCUT2D eigenvalue weighted by atomic mass is 16.5. The third kappa shape index (κ3) is 5.37. The zero-order chi connectivity index (χ0) is 17.9. The van der Waals surface area contributed by atoms with Gasteiger partial charge >= 0.3 is 0 Å². The third-order valence-corrected chi connectivity index (χ3v) is 3.59. The molecule has 0 fully saturated rings. The van der Waals surface area contributed by atoms with Crippen LogP contribution in [0.5, 0.6) is 5.75 Å². The molecule has 126 valence electrons. The molecule has 0 amide bonds. The zero-order valence-corrected chi connectivity index (χ0v) is 14.2. The van der Waals surface area contributed by atoms with E-state index in [1.54, 1.807) is 12.1 Å². The van der Waals surface area contributed by atoms with E-state index in [4.69, 9.17) is 15.3 Å². The summed E-state index contributed by atoms with van der Waals surface area (Å²) in [5, 5.41) is 21.5. The van der Waals surface area contributed by atoms with E-state index in [9.17, 15) is 0 Å². The van der Waals surface area contributed by atoms with Crippen molar-refractivity contribution in [3.05, 3.63) is 48.5 Å². The number of anilines is 1. The Bertz CT molecular complexity index is 785. The number of nitriles is 2. The molecular formula is C20H20N4O. The lowest BCUT2D eigenvalue weighted by Gasteiger charge is -2.13. The number of unbranched alkanes of at least 4 members (excludes halogenated alkanes) is 2. The minimum Gasteiger partial charge on any atom is -0.491 e. The molecule has 0 unspecified atom stereocenters. The van der Waals surface area contributed by atoms with E-state index < -0.39 is 0 Å². The van der Waals surface area contributed by atoms with Crippen molar-refractivity contribution in [2.75, 3.05) is 12.0 Å². The average molecular weight is 332 g/mol. The van der Waals surface area contributed by atoms with Crippen molar-refractivity contribution in [3.63, 3.8) is 0 Å². The Morgan fingerprint density at radius 3 is 2.48 bits per heavy atom. The van der Waals surface area contributed by atoms with E-state index in [-0.39, 0.29) is 5.71 Å². The van der Waals surface area contributed by atoms with E-state index in [2.05, 4.69) is 17.5 Å². The number of nitrogens with zero attached hydrogens (tertiary/aromatic N) is 3. The summed E-state index contributed by atoms with van der Waals surface area (Å²) in [5.74, 6) is 0.648. The molecule has 0 bridgehead atoms. The summed E-state index contributed by atoms with van der Waals surface area (Å²) in [6, 6.07) is 19.2. The maximum Gasteiger partial charge on any atom is 0.237 e. The molecule has 1 N–H and O–H groups in total. The number of benzene rings is 2. The molecule has 0 radical (unpaired) electrons. The fourth-order valence-electron chi connectivity index (χ4n) is 2.28. The second-order valence-corrected chi connectivity index (χ2v) is 5.43. The predicted octanol–water partition coefficient (Wildman–Crippen LogP) is 4.74. The minimum absolute atomic E-state index is 0.234. The van der Waals surface area contributed by atoms with Gasteiger partial charge in [0.15, 0.2) is 0 Å². The lowest BCUT2D eigenvalue weighted by atomic mass is 10.0. The highest BCUT2D eigenvalue weighted by molar-refractivity contribution is 6.10. The zero-order valence-electron chi connectivity index (χ0n) is 14.2. The number of hydrazone groups is 1. The second-order valence-electron chi connectivity index (χ2n) is 5.43. The summed E-state index contributed by atoms with van der Waals surface area (Å²) in [4.78, 5) is 0. The highest BCUT2D eigenvalue weighted by Gasteiger charge is 2.07. The van der Waals surface area contributed by atoms with Gasteiger partial charge in [0, 0.05) is 0 Å². The van der Waals surface area contributed by atoms with Gasteiger partial charge in [-0.15, -0.1) is 0 Å². The van der Waals surface area contributed by atoms with Gasteiger partial charge in [0.2, 0.25) is 5.71 Å². The molecule has 0 heterocycles. The first-order valence-corrected chi connectivity index (χ1v) is 8.24. The van der Waals surface area contributed by atoms with Crippen LogP contribution in [0.15, 0.2) is 53.6 Å². The van der Waals surface area contributed by atoms with Crippen LogP contribution in [0.4, 0.5) is 5.69 Å². The summed E-state index contributed by atoms with van der Waals surface area (Å²) < 4.78 is 5.83. The van der Waals surface area contributed by atoms with E-state index >= 15 is 0 Å². The Morgan fingerprint density at radius 1 is 1.04 bits per heavy atom. The smallest absolute Gasteiger partial charge is 0.237 e. The summed E-state index contributed by atoms with van der Waals surface area (Å²) in [7, 11) is 0. The molecule has 0 atom stereocenters. The SMILES string of the molecule is CCCCCOc1ccc(-c2ccccc2)cc1NN=C(C#N)C#N. The van der Waals surface area contributed by atoms with Crippen molar-refractivity contribution in [2.45, 2.75) is 26.2 Å². The Labute approximate surface area is 148 Å². The molecule has 0 aromatic heterocycles. The number of hydrogen-bond donors (Lipinski definition) is 1. The van der Waals surface area contributed by atoms with Gasteiger partial charge in [-0.1, -0.05) is 56.2 Å². The molecule has 0 spiro atoms. The molecule has 5 nitrogen and oxygen atoms in total. The Hall–Kier alpha value is -3.31. The third-order valence-electron chi connectivity index (χ3n) is 3.59. The number of nitrogens with one attached hydrogen (secondary N) is 1. The Kier molecular flexibility index (Phi) is 7.03. The quantitative estimate of drug-likeness (QED) is 0.430. The van der Waals surface area contributed by atoms with E-state index in [0.717, 1.165) is 30.4 Å². The first-order chi connectivity index (χ1) is 12.3. The van der Waals surface area contributed by atoms with Gasteiger partial charge in [0.05, 0.1) is 12.3 Å². The molecule has 2 aromatic rings.